The van der Waals surface area contributed by atoms with Crippen molar-refractivity contribution in [2.45, 2.75) is 26.2 Å². The van der Waals surface area contributed by atoms with E-state index in [0.29, 0.717) is 35.6 Å². The third kappa shape index (κ3) is 6.28. The summed E-state index contributed by atoms with van der Waals surface area (Å²) >= 11 is 0. The van der Waals surface area contributed by atoms with E-state index in [1.807, 2.05) is 44.4 Å². The number of anilines is 2. The van der Waals surface area contributed by atoms with Gasteiger partial charge in [0.15, 0.2) is 5.65 Å². The van der Waals surface area contributed by atoms with Crippen LogP contribution in [0.4, 0.5) is 15.8 Å². The fourth-order valence-corrected chi connectivity index (χ4v) is 5.17. The Kier molecular flexibility index (Phi) is 8.29. The second-order valence-electron chi connectivity index (χ2n) is 11.1. The first-order chi connectivity index (χ1) is 21.4. The Balaban J connectivity index is 1.33. The van der Waals surface area contributed by atoms with Gasteiger partial charge in [-0.2, -0.15) is 5.10 Å². The first-order valence-corrected chi connectivity index (χ1v) is 14.6. The van der Waals surface area contributed by atoms with E-state index in [1.165, 1.54) is 12.1 Å². The van der Waals surface area contributed by atoms with E-state index in [-0.39, 0.29) is 11.7 Å². The number of hydrogen-bond donors (Lipinski definition) is 4. The van der Waals surface area contributed by atoms with Gasteiger partial charge in [0, 0.05) is 65.7 Å². The zero-order valence-corrected chi connectivity index (χ0v) is 24.9. The topological polar surface area (TPSA) is 128 Å². The second kappa shape index (κ2) is 12.6. The minimum atomic E-state index is -0.313. The summed E-state index contributed by atoms with van der Waals surface area (Å²) in [7, 11) is 4.00. The van der Waals surface area contributed by atoms with Crippen molar-refractivity contribution in [2.24, 2.45) is 0 Å². The van der Waals surface area contributed by atoms with E-state index in [9.17, 15) is 9.18 Å². The van der Waals surface area contributed by atoms with Crippen LogP contribution in [0.25, 0.3) is 55.7 Å². The largest absolute Gasteiger partial charge is 0.384 e. The molecule has 1 aromatic carbocycles. The van der Waals surface area contributed by atoms with Gasteiger partial charge in [0.1, 0.15) is 17.2 Å². The molecule has 10 nitrogen and oxygen atoms in total. The average molecular weight is 592 g/mol. The molecule has 0 unspecified atom stereocenters. The second-order valence-corrected chi connectivity index (χ2v) is 11.1. The van der Waals surface area contributed by atoms with Crippen LogP contribution in [-0.4, -0.2) is 68.1 Å². The van der Waals surface area contributed by atoms with Gasteiger partial charge in [-0.1, -0.05) is 13.3 Å². The Labute approximate surface area is 254 Å². The average Bonchev–Trinajstić information content (AvgIpc) is 3.63. The molecule has 0 fully saturated rings. The maximum atomic E-state index is 14.7. The molecule has 6 aromatic rings. The maximum Gasteiger partial charge on any atom is 0.224 e. The van der Waals surface area contributed by atoms with Crippen LogP contribution in [0.5, 0.6) is 0 Å². The van der Waals surface area contributed by atoms with Crippen LogP contribution in [0, 0.1) is 5.82 Å². The van der Waals surface area contributed by atoms with Crippen LogP contribution < -0.4 is 10.6 Å². The molecule has 1 amide bonds. The van der Waals surface area contributed by atoms with Crippen LogP contribution in [-0.2, 0) is 4.79 Å². The summed E-state index contributed by atoms with van der Waals surface area (Å²) < 4.78 is 14.7. The highest BCUT2D eigenvalue weighted by Crippen LogP contribution is 2.35. The number of nitrogens with one attached hydrogen (secondary N) is 4. The summed E-state index contributed by atoms with van der Waals surface area (Å²) in [5.41, 5.74) is 7.35. The zero-order chi connectivity index (χ0) is 30.6. The summed E-state index contributed by atoms with van der Waals surface area (Å²) in [6, 6.07) is 12.8. The van der Waals surface area contributed by atoms with Gasteiger partial charge in [0.25, 0.3) is 0 Å². The first-order valence-electron chi connectivity index (χ1n) is 14.6. The quantitative estimate of drug-likeness (QED) is 0.136. The van der Waals surface area contributed by atoms with E-state index in [1.54, 1.807) is 24.8 Å². The molecule has 0 spiro atoms. The Bertz CT molecular complexity index is 1950. The van der Waals surface area contributed by atoms with E-state index in [2.05, 4.69) is 52.6 Å². The third-order valence-electron chi connectivity index (χ3n) is 7.41. The lowest BCUT2D eigenvalue weighted by Crippen LogP contribution is -2.20. The lowest BCUT2D eigenvalue weighted by atomic mass is 10.0. The molecular weight excluding hydrogens is 557 g/mol. The lowest BCUT2D eigenvalue weighted by molar-refractivity contribution is -0.116. The minimum Gasteiger partial charge on any atom is -0.384 e. The third-order valence-corrected chi connectivity index (χ3v) is 7.41. The number of likely N-dealkylation sites (N-methyl/N-ethyl adjacent to an activating group) is 1. The van der Waals surface area contributed by atoms with E-state index >= 15 is 0 Å². The number of carbonyl (C=O) groups is 1. The van der Waals surface area contributed by atoms with Gasteiger partial charge in [0.05, 0.1) is 17.6 Å². The number of hydrogen-bond acceptors (Lipinski definition) is 7. The van der Waals surface area contributed by atoms with Crippen molar-refractivity contribution in [2.75, 3.05) is 37.8 Å². The summed E-state index contributed by atoms with van der Waals surface area (Å²) in [6.45, 7) is 3.59. The summed E-state index contributed by atoms with van der Waals surface area (Å²) in [5, 5.41) is 15.5. The van der Waals surface area contributed by atoms with Crippen LogP contribution in [0.2, 0.25) is 0 Å². The summed E-state index contributed by atoms with van der Waals surface area (Å²) in [6.07, 6.45) is 9.12. The number of halogens is 1. The van der Waals surface area contributed by atoms with E-state index < -0.39 is 0 Å². The number of fused-ring (bicyclic) bond motifs is 2. The van der Waals surface area contributed by atoms with Gasteiger partial charge in [-0.25, -0.2) is 14.4 Å². The van der Waals surface area contributed by atoms with E-state index in [4.69, 9.17) is 0 Å². The number of carbonyl (C=O) groups excluding carboxylic acids is 1. The fraction of sp³-hybridized carbons (Fsp3) is 0.242. The molecule has 4 N–H and O–H groups in total. The first kappa shape index (κ1) is 28.9. The Hall–Kier alpha value is -5.16. The molecule has 44 heavy (non-hydrogen) atoms. The highest BCUT2D eigenvalue weighted by Gasteiger charge is 2.17. The lowest BCUT2D eigenvalue weighted by Gasteiger charge is -2.13. The fourth-order valence-electron chi connectivity index (χ4n) is 5.17. The number of unbranched alkanes of at least 4 members (excludes halogenated alkanes) is 1. The van der Waals surface area contributed by atoms with Gasteiger partial charge in [-0.3, -0.25) is 14.9 Å². The molecule has 0 saturated heterocycles. The van der Waals surface area contributed by atoms with Gasteiger partial charge in [-0.05, 0) is 74.1 Å². The van der Waals surface area contributed by atoms with Gasteiger partial charge < -0.3 is 20.5 Å². The molecule has 0 atom stereocenters. The Morgan fingerprint density at radius 3 is 2.61 bits per heavy atom. The molecule has 0 aliphatic carbocycles. The highest BCUT2D eigenvalue weighted by molar-refractivity contribution is 6.00. The van der Waals surface area contributed by atoms with Gasteiger partial charge in [0.2, 0.25) is 5.91 Å². The van der Waals surface area contributed by atoms with Crippen LogP contribution in [0.15, 0.2) is 67.3 Å². The normalized spacial score (nSPS) is 11.5. The monoisotopic (exact) mass is 591 g/mol. The van der Waals surface area contributed by atoms with E-state index in [0.717, 1.165) is 63.8 Å². The zero-order valence-electron chi connectivity index (χ0n) is 24.9. The van der Waals surface area contributed by atoms with Crippen LogP contribution in [0.1, 0.15) is 26.2 Å². The van der Waals surface area contributed by atoms with Gasteiger partial charge >= 0.3 is 0 Å². The van der Waals surface area contributed by atoms with Crippen molar-refractivity contribution < 1.29 is 9.18 Å². The molecule has 0 aliphatic rings. The number of H-pyrrole nitrogens is 2. The molecule has 0 saturated carbocycles. The molecular formula is C33H34FN9O. The predicted octanol–water partition coefficient (Wildman–Crippen LogP) is 6.47. The molecule has 0 aliphatic heterocycles. The Morgan fingerprint density at radius 2 is 1.77 bits per heavy atom. The smallest absolute Gasteiger partial charge is 0.224 e. The molecule has 224 valence electrons. The summed E-state index contributed by atoms with van der Waals surface area (Å²) in [5.74, 6) is -0.343. The van der Waals surface area contributed by atoms with Crippen molar-refractivity contribution in [3.63, 3.8) is 0 Å². The number of aromatic nitrogens is 6. The number of amides is 1. The van der Waals surface area contributed by atoms with Crippen molar-refractivity contribution >= 4 is 39.3 Å². The highest BCUT2D eigenvalue weighted by atomic mass is 19.1. The SMILES string of the molecule is CCCCC(=O)Nc1cncc(-c2cnc3[nH]nc(-c4cc5c(-c6cc(F)cc(NCCN(C)C)c6)ccnc5[nH]4)c3c2)c1. The number of benzene rings is 1. The Morgan fingerprint density at radius 1 is 0.932 bits per heavy atom. The molecule has 5 aromatic heterocycles. The predicted molar refractivity (Wildman–Crippen MR) is 173 cm³/mol. The molecule has 0 bridgehead atoms. The number of nitrogens with zero attached hydrogens (tertiary/aromatic N) is 5. The number of rotatable bonds is 11. The molecule has 6 rings (SSSR count). The molecule has 11 heteroatoms. The van der Waals surface area contributed by atoms with Crippen molar-refractivity contribution in [3.05, 3.63) is 73.1 Å². The molecule has 5 heterocycles. The van der Waals surface area contributed by atoms with Gasteiger partial charge in [-0.15, -0.1) is 0 Å². The number of aromatic amines is 2. The minimum absolute atomic E-state index is 0.0293. The maximum absolute atomic E-state index is 14.7. The molecule has 0 radical (unpaired) electrons. The van der Waals surface area contributed by atoms with Crippen LogP contribution in [0.3, 0.4) is 0 Å². The standard InChI is InChI=1S/C33H34FN9O/c1-4-5-6-30(44)39-25-13-21(17-35-19-25)22-14-28-31(41-42-33(28)38-18-22)29-16-27-26(7-8-37-32(27)40-29)20-11-23(34)15-24(12-20)36-9-10-43(2)3/h7-8,11-19,36H,4-6,9-10H2,1-3H3,(H,37,40)(H,39,44)(H,38,41,42). The van der Waals surface area contributed by atoms with Crippen molar-refractivity contribution in [3.8, 4) is 33.6 Å². The summed E-state index contributed by atoms with van der Waals surface area (Å²) in [4.78, 5) is 31.2. The van der Waals surface area contributed by atoms with Crippen molar-refractivity contribution in [1.82, 2.24) is 35.0 Å². The van der Waals surface area contributed by atoms with Crippen molar-refractivity contribution in [1.29, 1.82) is 0 Å². The number of pyridine rings is 3. The van der Waals surface area contributed by atoms with Crippen LogP contribution >= 0.6 is 0 Å².